The summed E-state index contributed by atoms with van der Waals surface area (Å²) >= 11 is 0. The molecule has 1 aromatic carbocycles. The van der Waals surface area contributed by atoms with Crippen molar-refractivity contribution in [2.75, 3.05) is 19.6 Å². The van der Waals surface area contributed by atoms with Crippen LogP contribution >= 0.6 is 0 Å². The third kappa shape index (κ3) is 4.78. The summed E-state index contributed by atoms with van der Waals surface area (Å²) in [5, 5.41) is 12.6. The molecule has 2 unspecified atom stereocenters. The van der Waals surface area contributed by atoms with Crippen molar-refractivity contribution in [1.29, 1.82) is 0 Å². The summed E-state index contributed by atoms with van der Waals surface area (Å²) in [4.78, 5) is 15.5. The topological polar surface area (TPSA) is 76.2 Å². The maximum absolute atomic E-state index is 13.7. The van der Waals surface area contributed by atoms with E-state index in [1.807, 2.05) is 31.4 Å². The van der Waals surface area contributed by atoms with Crippen LogP contribution < -0.4 is 5.32 Å². The highest BCUT2D eigenvalue weighted by molar-refractivity contribution is 6.06. The minimum Gasteiger partial charge on any atom is -0.355 e. The number of hydrogen-bond donors (Lipinski definition) is 1. The molecule has 1 saturated heterocycles. The van der Waals surface area contributed by atoms with Crippen molar-refractivity contribution in [2.24, 2.45) is 18.9 Å². The molecule has 0 bridgehead atoms. The molecule has 3 heterocycles. The Hall–Kier alpha value is -2.81. The molecule has 0 spiro atoms. The van der Waals surface area contributed by atoms with E-state index in [0.717, 1.165) is 82.4 Å². The van der Waals surface area contributed by atoms with Crippen molar-refractivity contribution >= 4 is 16.8 Å². The number of fused-ring (bicyclic) bond motifs is 2. The van der Waals surface area contributed by atoms with Crippen LogP contribution in [0.3, 0.4) is 0 Å². The van der Waals surface area contributed by atoms with Gasteiger partial charge in [0.05, 0.1) is 16.8 Å². The zero-order chi connectivity index (χ0) is 25.8. The number of nitrogens with zero attached hydrogens (tertiary/aromatic N) is 4. The molecule has 1 amide bonds. The van der Waals surface area contributed by atoms with Gasteiger partial charge in [0.25, 0.3) is 5.91 Å². The van der Waals surface area contributed by atoms with Crippen LogP contribution in [0.15, 0.2) is 35.0 Å². The molecule has 1 N–H and O–H groups in total. The van der Waals surface area contributed by atoms with E-state index in [1.165, 1.54) is 6.07 Å². The highest BCUT2D eigenvalue weighted by Gasteiger charge is 2.59. The van der Waals surface area contributed by atoms with E-state index in [1.54, 1.807) is 4.68 Å². The molecule has 2 aromatic heterocycles. The number of alkyl halides is 2. The standard InChI is InChI=1S/C28H35F2N5O2/c1-27(29,30)25-14-24(33-37-25)28-15-19(28)11-13-35(17-28)12-10-18-6-8-20(9-7-18)31-26(36)21-4-3-5-23-22(21)16-34(2)32-23/h3-5,14,16,18-20H,6-13,15,17H2,1-2H3,(H,31,36)/t18-,19?,20-,28?. The van der Waals surface area contributed by atoms with Gasteiger partial charge in [-0.3, -0.25) is 9.48 Å². The average molecular weight is 512 g/mol. The first-order chi connectivity index (χ1) is 17.7. The SMILES string of the molecule is Cn1cc2c(C(=O)N[C@H]3CC[C@H](CCN4CCC5CC5(c5cc(C(C)(F)F)on5)C4)CC3)cccc2n1. The minimum atomic E-state index is -3.00. The lowest BCUT2D eigenvalue weighted by Crippen LogP contribution is -2.41. The molecule has 9 heteroatoms. The van der Waals surface area contributed by atoms with Crippen molar-refractivity contribution in [3.8, 4) is 0 Å². The zero-order valence-electron chi connectivity index (χ0n) is 21.6. The second kappa shape index (κ2) is 9.19. The number of nitrogens with one attached hydrogen (secondary N) is 1. The Labute approximate surface area is 215 Å². The smallest absolute Gasteiger partial charge is 0.304 e. The Morgan fingerprint density at radius 2 is 2.05 bits per heavy atom. The number of benzene rings is 1. The van der Waals surface area contributed by atoms with Gasteiger partial charge in [-0.1, -0.05) is 11.2 Å². The lowest BCUT2D eigenvalue weighted by Gasteiger charge is -2.34. The van der Waals surface area contributed by atoms with Gasteiger partial charge in [-0.25, -0.2) is 0 Å². The number of amides is 1. The first-order valence-electron chi connectivity index (χ1n) is 13.5. The third-order valence-corrected chi connectivity index (χ3v) is 8.93. The van der Waals surface area contributed by atoms with Crippen LogP contribution in [0.5, 0.6) is 0 Å². The van der Waals surface area contributed by atoms with Crippen LogP contribution in [0.1, 0.15) is 73.7 Å². The Bertz CT molecular complexity index is 1290. The highest BCUT2D eigenvalue weighted by Crippen LogP contribution is 2.58. The van der Waals surface area contributed by atoms with Crippen LogP contribution in [-0.2, 0) is 18.4 Å². The maximum Gasteiger partial charge on any atom is 0.304 e. The van der Waals surface area contributed by atoms with Crippen molar-refractivity contribution in [1.82, 2.24) is 25.2 Å². The summed E-state index contributed by atoms with van der Waals surface area (Å²) in [6.45, 7) is 3.82. The van der Waals surface area contributed by atoms with Gasteiger partial charge in [0, 0.05) is 49.6 Å². The molecule has 198 valence electrons. The summed E-state index contributed by atoms with van der Waals surface area (Å²) < 4.78 is 34.0. The highest BCUT2D eigenvalue weighted by atomic mass is 19.3. The second-order valence-electron chi connectivity index (χ2n) is 11.6. The molecule has 2 saturated carbocycles. The Morgan fingerprint density at radius 1 is 1.24 bits per heavy atom. The number of aryl methyl sites for hydroxylation is 1. The lowest BCUT2D eigenvalue weighted by atomic mass is 9.83. The van der Waals surface area contributed by atoms with Gasteiger partial charge < -0.3 is 14.7 Å². The van der Waals surface area contributed by atoms with Crippen molar-refractivity contribution in [3.05, 3.63) is 47.5 Å². The van der Waals surface area contributed by atoms with Gasteiger partial charge >= 0.3 is 5.92 Å². The number of hydrogen-bond acceptors (Lipinski definition) is 5. The molecule has 3 aromatic rings. The molecule has 7 nitrogen and oxygen atoms in total. The van der Waals surface area contributed by atoms with Crippen molar-refractivity contribution < 1.29 is 18.1 Å². The average Bonchev–Trinajstić information content (AvgIpc) is 3.18. The van der Waals surface area contributed by atoms with Crippen molar-refractivity contribution in [3.63, 3.8) is 0 Å². The Morgan fingerprint density at radius 3 is 2.81 bits per heavy atom. The first kappa shape index (κ1) is 24.5. The maximum atomic E-state index is 13.7. The van der Waals surface area contributed by atoms with Crippen LogP contribution in [-0.4, -0.2) is 51.4 Å². The molecule has 1 aliphatic heterocycles. The fourth-order valence-corrected chi connectivity index (χ4v) is 6.65. The predicted molar refractivity (Wildman–Crippen MR) is 135 cm³/mol. The van der Waals surface area contributed by atoms with Gasteiger partial charge in [-0.15, -0.1) is 0 Å². The van der Waals surface area contributed by atoms with E-state index in [2.05, 4.69) is 20.5 Å². The third-order valence-electron chi connectivity index (χ3n) is 8.93. The number of piperidine rings is 1. The fraction of sp³-hybridized carbons (Fsp3) is 0.607. The predicted octanol–water partition coefficient (Wildman–Crippen LogP) is 5.02. The van der Waals surface area contributed by atoms with Gasteiger partial charge in [-0.05, 0) is 82.0 Å². The summed E-state index contributed by atoms with van der Waals surface area (Å²) in [5.74, 6) is -2.16. The van der Waals surface area contributed by atoms with E-state index < -0.39 is 5.92 Å². The van der Waals surface area contributed by atoms with E-state index in [9.17, 15) is 13.6 Å². The summed E-state index contributed by atoms with van der Waals surface area (Å²) in [5.41, 5.74) is 2.12. The van der Waals surface area contributed by atoms with E-state index in [4.69, 9.17) is 4.52 Å². The molecule has 2 atom stereocenters. The number of likely N-dealkylation sites (tertiary alicyclic amines) is 1. The van der Waals surface area contributed by atoms with Crippen molar-refractivity contribution in [2.45, 2.75) is 69.2 Å². The zero-order valence-corrected chi connectivity index (χ0v) is 21.6. The number of carbonyl (C=O) groups excluding carboxylic acids is 1. The Kier molecular flexibility index (Phi) is 6.09. The summed E-state index contributed by atoms with van der Waals surface area (Å²) in [6, 6.07) is 7.37. The molecule has 0 radical (unpaired) electrons. The van der Waals surface area contributed by atoms with Crippen LogP contribution in [0.2, 0.25) is 0 Å². The van der Waals surface area contributed by atoms with Crippen LogP contribution in [0.25, 0.3) is 10.9 Å². The van der Waals surface area contributed by atoms with E-state index in [0.29, 0.717) is 23.1 Å². The molecule has 3 fully saturated rings. The first-order valence-corrected chi connectivity index (χ1v) is 13.5. The molecule has 3 aliphatic rings. The molecular formula is C28H35F2N5O2. The van der Waals surface area contributed by atoms with Gasteiger partial charge in [0.1, 0.15) is 0 Å². The molecule has 6 rings (SSSR count). The number of halogens is 2. The summed E-state index contributed by atoms with van der Waals surface area (Å²) in [6.07, 6.45) is 9.36. The summed E-state index contributed by atoms with van der Waals surface area (Å²) in [7, 11) is 1.87. The van der Waals surface area contributed by atoms with E-state index in [-0.39, 0.29) is 23.1 Å². The largest absolute Gasteiger partial charge is 0.355 e. The minimum absolute atomic E-state index is 0.0171. The normalized spacial score (nSPS) is 28.3. The molecule has 2 aliphatic carbocycles. The van der Waals surface area contributed by atoms with Gasteiger partial charge in [-0.2, -0.15) is 13.9 Å². The number of rotatable bonds is 7. The number of aromatic nitrogens is 3. The molecule has 37 heavy (non-hydrogen) atoms. The Balaban J connectivity index is 0.986. The number of carbonyl (C=O) groups is 1. The van der Waals surface area contributed by atoms with Gasteiger partial charge in [0.2, 0.25) is 5.76 Å². The quantitative estimate of drug-likeness (QED) is 0.482. The van der Waals surface area contributed by atoms with Crippen LogP contribution in [0, 0.1) is 11.8 Å². The second-order valence-corrected chi connectivity index (χ2v) is 11.6. The van der Waals surface area contributed by atoms with Gasteiger partial charge in [0.15, 0.2) is 0 Å². The fourth-order valence-electron chi connectivity index (χ4n) is 6.65. The molecular weight excluding hydrogens is 476 g/mol. The lowest BCUT2D eigenvalue weighted by molar-refractivity contribution is -0.0106. The monoisotopic (exact) mass is 511 g/mol. The van der Waals surface area contributed by atoms with Crippen LogP contribution in [0.4, 0.5) is 8.78 Å². The van der Waals surface area contributed by atoms with E-state index >= 15 is 0 Å².